The number of hydrogen-bond donors (Lipinski definition) is 2. The molecule has 0 spiro atoms. The van der Waals surface area contributed by atoms with Crippen molar-refractivity contribution in [1.29, 1.82) is 0 Å². The summed E-state index contributed by atoms with van der Waals surface area (Å²) in [6.45, 7) is 2.64. The second kappa shape index (κ2) is 4.44. The van der Waals surface area contributed by atoms with Gasteiger partial charge in [-0.3, -0.25) is 0 Å². The van der Waals surface area contributed by atoms with Crippen LogP contribution < -0.4 is 16.2 Å². The highest BCUT2D eigenvalue weighted by atomic mass is 16.5. The number of nitrogens with zero attached hydrogens (tertiary/aromatic N) is 3. The van der Waals surface area contributed by atoms with Crippen LogP contribution in [0.25, 0.3) is 0 Å². The fourth-order valence-corrected chi connectivity index (χ4v) is 0.761. The Balaban J connectivity index is 2.56. The van der Waals surface area contributed by atoms with Gasteiger partial charge in [0, 0.05) is 0 Å². The maximum Gasteiger partial charge on any atom is 0.323 e. The Morgan fingerprint density at radius 1 is 1.15 bits per heavy atom. The van der Waals surface area contributed by atoms with Gasteiger partial charge in [0.05, 0.1) is 6.61 Å². The van der Waals surface area contributed by atoms with Crippen molar-refractivity contribution < 1.29 is 4.74 Å². The third-order valence-corrected chi connectivity index (χ3v) is 1.38. The summed E-state index contributed by atoms with van der Waals surface area (Å²) in [6.07, 6.45) is 2.00. The molecule has 0 aromatic carbocycles. The zero-order valence-electron chi connectivity index (χ0n) is 7.53. The molecule has 72 valence electrons. The molecular formula is C7H13N5O. The molecule has 4 N–H and O–H groups in total. The number of unbranched alkanes of at least 4 members (excludes halogenated alkanes) is 1. The Kier molecular flexibility index (Phi) is 3.24. The molecule has 0 aliphatic carbocycles. The standard InChI is InChI=1S/C7H13N5O/c1-2-3-4-13-7-11-5(8)10-6(9)12-7/h2-4H2,1H3,(H4,8,9,10,11,12). The monoisotopic (exact) mass is 183 g/mol. The van der Waals surface area contributed by atoms with E-state index in [1.54, 1.807) is 0 Å². The van der Waals surface area contributed by atoms with Crippen LogP contribution in [0.4, 0.5) is 11.9 Å². The second-order valence-corrected chi connectivity index (χ2v) is 2.54. The minimum Gasteiger partial charge on any atom is -0.463 e. The van der Waals surface area contributed by atoms with Crippen LogP contribution in [0.2, 0.25) is 0 Å². The Bertz CT molecular complexity index is 257. The molecule has 0 saturated heterocycles. The van der Waals surface area contributed by atoms with Crippen molar-refractivity contribution in [1.82, 2.24) is 15.0 Å². The number of ether oxygens (including phenoxy) is 1. The maximum absolute atomic E-state index is 5.34. The highest BCUT2D eigenvalue weighted by molar-refractivity contribution is 5.27. The molecule has 6 nitrogen and oxygen atoms in total. The molecule has 0 aliphatic rings. The van der Waals surface area contributed by atoms with Gasteiger partial charge < -0.3 is 16.2 Å². The lowest BCUT2D eigenvalue weighted by Crippen LogP contribution is -2.07. The summed E-state index contributed by atoms with van der Waals surface area (Å²) in [5.74, 6) is 0.165. The third kappa shape index (κ3) is 3.10. The highest BCUT2D eigenvalue weighted by Gasteiger charge is 2.01. The number of anilines is 2. The topological polar surface area (TPSA) is 99.9 Å². The largest absolute Gasteiger partial charge is 0.463 e. The zero-order valence-corrected chi connectivity index (χ0v) is 7.53. The van der Waals surface area contributed by atoms with Gasteiger partial charge in [-0.1, -0.05) is 13.3 Å². The normalized spacial score (nSPS) is 9.92. The van der Waals surface area contributed by atoms with Gasteiger partial charge in [-0.2, -0.15) is 15.0 Å². The molecule has 1 aromatic heterocycles. The van der Waals surface area contributed by atoms with Gasteiger partial charge in [0.25, 0.3) is 0 Å². The van der Waals surface area contributed by atoms with Crippen molar-refractivity contribution in [3.05, 3.63) is 0 Å². The van der Waals surface area contributed by atoms with Crippen molar-refractivity contribution in [2.75, 3.05) is 18.1 Å². The molecule has 6 heteroatoms. The predicted octanol–water partition coefficient (Wildman–Crippen LogP) is 0.215. The van der Waals surface area contributed by atoms with Crippen LogP contribution in [-0.2, 0) is 0 Å². The Labute approximate surface area is 76.3 Å². The van der Waals surface area contributed by atoms with E-state index in [0.717, 1.165) is 12.8 Å². The average Bonchev–Trinajstić information content (AvgIpc) is 2.03. The van der Waals surface area contributed by atoms with Crippen LogP contribution in [0.3, 0.4) is 0 Å². The number of hydrogen-bond acceptors (Lipinski definition) is 6. The lowest BCUT2D eigenvalue weighted by Gasteiger charge is -2.03. The summed E-state index contributed by atoms with van der Waals surface area (Å²) in [5, 5.41) is 0. The second-order valence-electron chi connectivity index (χ2n) is 2.54. The molecule has 1 rings (SSSR count). The van der Waals surface area contributed by atoms with Gasteiger partial charge in [0.15, 0.2) is 0 Å². The predicted molar refractivity (Wildman–Crippen MR) is 49.1 cm³/mol. The first-order valence-electron chi connectivity index (χ1n) is 4.12. The van der Waals surface area contributed by atoms with Gasteiger partial charge in [-0.15, -0.1) is 0 Å². The van der Waals surface area contributed by atoms with Crippen molar-refractivity contribution >= 4 is 11.9 Å². The summed E-state index contributed by atoms with van der Waals surface area (Å²) in [6, 6.07) is 0.193. The molecular weight excluding hydrogens is 170 g/mol. The fraction of sp³-hybridized carbons (Fsp3) is 0.571. The average molecular weight is 183 g/mol. The van der Waals surface area contributed by atoms with Gasteiger partial charge in [-0.05, 0) is 6.42 Å². The molecule has 0 aliphatic heterocycles. The molecule has 0 unspecified atom stereocenters. The Morgan fingerprint density at radius 2 is 1.77 bits per heavy atom. The van der Waals surface area contributed by atoms with Crippen LogP contribution in [0.1, 0.15) is 19.8 Å². The SMILES string of the molecule is CCCCOc1nc(N)nc(N)n1. The van der Waals surface area contributed by atoms with Crippen molar-refractivity contribution in [3.8, 4) is 6.01 Å². The van der Waals surface area contributed by atoms with Gasteiger partial charge in [-0.25, -0.2) is 0 Å². The van der Waals surface area contributed by atoms with E-state index >= 15 is 0 Å². The highest BCUT2D eigenvalue weighted by Crippen LogP contribution is 2.06. The lowest BCUT2D eigenvalue weighted by atomic mass is 10.4. The van der Waals surface area contributed by atoms with Crippen molar-refractivity contribution in [3.63, 3.8) is 0 Å². The van der Waals surface area contributed by atoms with E-state index in [9.17, 15) is 0 Å². The zero-order chi connectivity index (χ0) is 9.68. The van der Waals surface area contributed by atoms with E-state index in [4.69, 9.17) is 16.2 Å². The van der Waals surface area contributed by atoms with E-state index in [1.165, 1.54) is 0 Å². The van der Waals surface area contributed by atoms with Crippen molar-refractivity contribution in [2.45, 2.75) is 19.8 Å². The summed E-state index contributed by atoms with van der Waals surface area (Å²) >= 11 is 0. The molecule has 0 atom stereocenters. The molecule has 13 heavy (non-hydrogen) atoms. The maximum atomic E-state index is 5.34. The van der Waals surface area contributed by atoms with Crippen molar-refractivity contribution in [2.24, 2.45) is 0 Å². The van der Waals surface area contributed by atoms with E-state index in [0.29, 0.717) is 6.61 Å². The lowest BCUT2D eigenvalue weighted by molar-refractivity contribution is 0.285. The quantitative estimate of drug-likeness (QED) is 0.647. The number of aromatic nitrogens is 3. The molecule has 1 heterocycles. The molecule has 1 aromatic rings. The summed E-state index contributed by atoms with van der Waals surface area (Å²) in [5.41, 5.74) is 10.7. The molecule has 0 fully saturated rings. The Hall–Kier alpha value is -1.59. The smallest absolute Gasteiger partial charge is 0.323 e. The van der Waals surface area contributed by atoms with Crippen LogP contribution in [0.5, 0.6) is 6.01 Å². The summed E-state index contributed by atoms with van der Waals surface area (Å²) < 4.78 is 5.19. The number of nitrogen functional groups attached to an aromatic ring is 2. The minimum atomic E-state index is 0.0824. The minimum absolute atomic E-state index is 0.0824. The van der Waals surface area contributed by atoms with Crippen LogP contribution in [-0.4, -0.2) is 21.6 Å². The third-order valence-electron chi connectivity index (χ3n) is 1.38. The first-order chi connectivity index (χ1) is 6.22. The first kappa shape index (κ1) is 9.50. The van der Waals surface area contributed by atoms with E-state index in [1.807, 2.05) is 0 Å². The molecule has 0 radical (unpaired) electrons. The summed E-state index contributed by atoms with van der Waals surface area (Å²) in [4.78, 5) is 11.1. The fourth-order valence-electron chi connectivity index (χ4n) is 0.761. The van der Waals surface area contributed by atoms with Crippen LogP contribution >= 0.6 is 0 Å². The Morgan fingerprint density at radius 3 is 2.31 bits per heavy atom. The molecule has 0 saturated carbocycles. The first-order valence-corrected chi connectivity index (χ1v) is 4.12. The number of rotatable bonds is 4. The summed E-state index contributed by atoms with van der Waals surface area (Å²) in [7, 11) is 0. The van der Waals surface area contributed by atoms with Gasteiger partial charge >= 0.3 is 6.01 Å². The van der Waals surface area contributed by atoms with Crippen LogP contribution in [0, 0.1) is 0 Å². The molecule has 0 bridgehead atoms. The van der Waals surface area contributed by atoms with Gasteiger partial charge in [0.2, 0.25) is 11.9 Å². The van der Waals surface area contributed by atoms with Crippen LogP contribution in [0.15, 0.2) is 0 Å². The van der Waals surface area contributed by atoms with E-state index in [-0.39, 0.29) is 17.9 Å². The van der Waals surface area contributed by atoms with E-state index < -0.39 is 0 Å². The van der Waals surface area contributed by atoms with Gasteiger partial charge in [0.1, 0.15) is 0 Å². The number of nitrogens with two attached hydrogens (primary N) is 2. The molecule has 0 amide bonds. The van der Waals surface area contributed by atoms with E-state index in [2.05, 4.69) is 21.9 Å².